The maximum atomic E-state index is 12.5. The van der Waals surface area contributed by atoms with Gasteiger partial charge in [0.1, 0.15) is 0 Å². The SMILES string of the molecule is CCN(CCCO)S(=O)(=O)c1ccc(NC)cc1[N+](=O)[O-]. The Morgan fingerprint density at radius 2 is 2.10 bits per heavy atom. The zero-order valence-electron chi connectivity index (χ0n) is 11.9. The van der Waals surface area contributed by atoms with Crippen LogP contribution < -0.4 is 5.32 Å². The summed E-state index contributed by atoms with van der Waals surface area (Å²) in [6.45, 7) is 1.78. The monoisotopic (exact) mass is 317 g/mol. The number of hydrogen-bond acceptors (Lipinski definition) is 6. The van der Waals surface area contributed by atoms with Crippen LogP contribution in [-0.2, 0) is 10.0 Å². The van der Waals surface area contributed by atoms with Gasteiger partial charge in [0, 0.05) is 38.5 Å². The van der Waals surface area contributed by atoms with E-state index in [0.717, 1.165) is 4.31 Å². The minimum absolute atomic E-state index is 0.111. The average Bonchev–Trinajstić information content (AvgIpc) is 2.47. The van der Waals surface area contributed by atoms with Crippen LogP contribution in [0.25, 0.3) is 0 Å². The fourth-order valence-corrected chi connectivity index (χ4v) is 3.49. The van der Waals surface area contributed by atoms with Crippen LogP contribution in [0.3, 0.4) is 0 Å². The van der Waals surface area contributed by atoms with E-state index in [2.05, 4.69) is 5.32 Å². The van der Waals surface area contributed by atoms with Gasteiger partial charge in [-0.15, -0.1) is 0 Å². The zero-order valence-corrected chi connectivity index (χ0v) is 12.8. The smallest absolute Gasteiger partial charge is 0.291 e. The van der Waals surface area contributed by atoms with E-state index in [-0.39, 0.29) is 31.0 Å². The van der Waals surface area contributed by atoms with Gasteiger partial charge >= 0.3 is 0 Å². The Bertz CT molecular complexity index is 603. The van der Waals surface area contributed by atoms with Crippen molar-refractivity contribution in [3.05, 3.63) is 28.3 Å². The number of benzene rings is 1. The van der Waals surface area contributed by atoms with Crippen LogP contribution in [0.5, 0.6) is 0 Å². The highest BCUT2D eigenvalue weighted by molar-refractivity contribution is 7.89. The van der Waals surface area contributed by atoms with Gasteiger partial charge in [0.05, 0.1) is 4.92 Å². The summed E-state index contributed by atoms with van der Waals surface area (Å²) >= 11 is 0. The van der Waals surface area contributed by atoms with Gasteiger partial charge in [-0.2, -0.15) is 4.31 Å². The number of nitrogens with one attached hydrogen (secondary N) is 1. The molecule has 1 aromatic carbocycles. The van der Waals surface area contributed by atoms with Crippen LogP contribution in [0.15, 0.2) is 23.1 Å². The summed E-state index contributed by atoms with van der Waals surface area (Å²) in [5, 5.41) is 22.7. The molecule has 0 atom stereocenters. The van der Waals surface area contributed by atoms with E-state index in [9.17, 15) is 18.5 Å². The van der Waals surface area contributed by atoms with Crippen molar-refractivity contribution in [2.45, 2.75) is 18.2 Å². The van der Waals surface area contributed by atoms with Crippen molar-refractivity contribution in [2.75, 3.05) is 32.1 Å². The van der Waals surface area contributed by atoms with E-state index in [1.54, 1.807) is 14.0 Å². The molecular formula is C12H19N3O5S. The summed E-state index contributed by atoms with van der Waals surface area (Å²) in [6, 6.07) is 3.88. The number of rotatable bonds is 8. The van der Waals surface area contributed by atoms with Crippen molar-refractivity contribution in [2.24, 2.45) is 0 Å². The molecule has 118 valence electrons. The predicted octanol–water partition coefficient (Wildman–Crippen LogP) is 1.03. The van der Waals surface area contributed by atoms with Crippen molar-refractivity contribution in [3.63, 3.8) is 0 Å². The molecule has 8 nitrogen and oxygen atoms in total. The number of nitrogens with zero attached hydrogens (tertiary/aromatic N) is 2. The van der Waals surface area contributed by atoms with Gasteiger partial charge in [-0.25, -0.2) is 8.42 Å². The lowest BCUT2D eigenvalue weighted by atomic mass is 10.3. The second-order valence-electron chi connectivity index (χ2n) is 4.26. The van der Waals surface area contributed by atoms with Crippen LogP contribution in [0.2, 0.25) is 0 Å². The second-order valence-corrected chi connectivity index (χ2v) is 6.17. The molecule has 2 N–H and O–H groups in total. The summed E-state index contributed by atoms with van der Waals surface area (Å²) in [6.07, 6.45) is 0.273. The summed E-state index contributed by atoms with van der Waals surface area (Å²) < 4.78 is 26.1. The van der Waals surface area contributed by atoms with Gasteiger partial charge in [0.2, 0.25) is 10.0 Å². The summed E-state index contributed by atoms with van der Waals surface area (Å²) in [4.78, 5) is 10.1. The van der Waals surface area contributed by atoms with Crippen molar-refractivity contribution in [3.8, 4) is 0 Å². The molecule has 0 fully saturated rings. The molecule has 0 saturated carbocycles. The highest BCUT2D eigenvalue weighted by Gasteiger charge is 2.30. The number of hydrogen-bond donors (Lipinski definition) is 2. The summed E-state index contributed by atoms with van der Waals surface area (Å²) in [5.41, 5.74) is -0.0108. The fourth-order valence-electron chi connectivity index (χ4n) is 1.87. The molecule has 0 aromatic heterocycles. The van der Waals surface area contributed by atoms with E-state index >= 15 is 0 Å². The van der Waals surface area contributed by atoms with E-state index in [0.29, 0.717) is 5.69 Å². The normalized spacial score (nSPS) is 11.6. The molecule has 0 unspecified atom stereocenters. The minimum Gasteiger partial charge on any atom is -0.396 e. The average molecular weight is 317 g/mol. The first-order chi connectivity index (χ1) is 9.88. The lowest BCUT2D eigenvalue weighted by molar-refractivity contribution is -0.387. The van der Waals surface area contributed by atoms with Crippen LogP contribution in [0.1, 0.15) is 13.3 Å². The third kappa shape index (κ3) is 3.90. The Kier molecular flexibility index (Phi) is 6.06. The van der Waals surface area contributed by atoms with Crippen LogP contribution in [0, 0.1) is 10.1 Å². The lowest BCUT2D eigenvalue weighted by Crippen LogP contribution is -2.32. The number of anilines is 1. The Morgan fingerprint density at radius 1 is 1.43 bits per heavy atom. The van der Waals surface area contributed by atoms with E-state index in [1.807, 2.05) is 0 Å². The topological polar surface area (TPSA) is 113 Å². The molecule has 9 heteroatoms. The number of sulfonamides is 1. The highest BCUT2D eigenvalue weighted by atomic mass is 32.2. The molecule has 0 radical (unpaired) electrons. The molecule has 0 heterocycles. The summed E-state index contributed by atoms with van der Waals surface area (Å²) in [7, 11) is -2.38. The molecular weight excluding hydrogens is 298 g/mol. The maximum absolute atomic E-state index is 12.5. The van der Waals surface area contributed by atoms with Crippen molar-refractivity contribution in [1.29, 1.82) is 0 Å². The third-order valence-corrected chi connectivity index (χ3v) is 5.00. The van der Waals surface area contributed by atoms with E-state index in [1.165, 1.54) is 18.2 Å². The molecule has 1 rings (SSSR count). The molecule has 21 heavy (non-hydrogen) atoms. The Balaban J connectivity index is 3.32. The summed E-state index contributed by atoms with van der Waals surface area (Å²) in [5.74, 6) is 0. The standard InChI is InChI=1S/C12H19N3O5S/c1-3-14(7-4-8-16)21(19,20)12-6-5-10(13-2)9-11(12)15(17)18/h5-6,9,13,16H,3-4,7-8H2,1-2H3. The van der Waals surface area contributed by atoms with Crippen molar-refractivity contribution < 1.29 is 18.4 Å². The molecule has 0 amide bonds. The number of nitro groups is 1. The van der Waals surface area contributed by atoms with Gasteiger partial charge in [0.25, 0.3) is 5.69 Å². The van der Waals surface area contributed by atoms with E-state index in [4.69, 9.17) is 5.11 Å². The molecule has 1 aromatic rings. The molecule has 0 aliphatic carbocycles. The molecule has 0 spiro atoms. The van der Waals surface area contributed by atoms with Crippen LogP contribution in [-0.4, -0.2) is 49.5 Å². The highest BCUT2D eigenvalue weighted by Crippen LogP contribution is 2.29. The van der Waals surface area contributed by atoms with E-state index < -0.39 is 20.6 Å². The molecule has 0 aliphatic heterocycles. The third-order valence-electron chi connectivity index (χ3n) is 2.98. The minimum atomic E-state index is -3.97. The lowest BCUT2D eigenvalue weighted by Gasteiger charge is -2.20. The molecule has 0 aliphatic rings. The fraction of sp³-hybridized carbons (Fsp3) is 0.500. The number of nitro benzene ring substituents is 1. The van der Waals surface area contributed by atoms with Crippen LogP contribution in [0.4, 0.5) is 11.4 Å². The predicted molar refractivity (Wildman–Crippen MR) is 78.8 cm³/mol. The van der Waals surface area contributed by atoms with Gasteiger partial charge in [0.15, 0.2) is 4.90 Å². The number of aliphatic hydroxyl groups is 1. The van der Waals surface area contributed by atoms with Gasteiger partial charge < -0.3 is 10.4 Å². The number of aliphatic hydroxyl groups excluding tert-OH is 1. The van der Waals surface area contributed by atoms with Crippen molar-refractivity contribution in [1.82, 2.24) is 4.31 Å². The Labute approximate surface area is 123 Å². The second kappa shape index (κ2) is 7.34. The quantitative estimate of drug-likeness (QED) is 0.547. The Morgan fingerprint density at radius 3 is 2.57 bits per heavy atom. The Hall–Kier alpha value is -1.71. The van der Waals surface area contributed by atoms with Gasteiger partial charge in [-0.3, -0.25) is 10.1 Å². The zero-order chi connectivity index (χ0) is 16.0. The van der Waals surface area contributed by atoms with Crippen molar-refractivity contribution >= 4 is 21.4 Å². The molecule has 0 bridgehead atoms. The van der Waals surface area contributed by atoms with Gasteiger partial charge in [-0.05, 0) is 18.6 Å². The maximum Gasteiger partial charge on any atom is 0.291 e. The molecule has 0 saturated heterocycles. The first-order valence-corrected chi connectivity index (χ1v) is 7.89. The van der Waals surface area contributed by atoms with Gasteiger partial charge in [-0.1, -0.05) is 6.92 Å². The van der Waals surface area contributed by atoms with Crippen LogP contribution >= 0.6 is 0 Å². The first-order valence-electron chi connectivity index (χ1n) is 6.45. The first kappa shape index (κ1) is 17.3. The largest absolute Gasteiger partial charge is 0.396 e.